The predicted molar refractivity (Wildman–Crippen MR) is 84.5 cm³/mol. The van der Waals surface area contributed by atoms with Gasteiger partial charge in [-0.25, -0.2) is 0 Å². The summed E-state index contributed by atoms with van der Waals surface area (Å²) in [6, 6.07) is 3.60. The van der Waals surface area contributed by atoms with E-state index < -0.39 is 0 Å². The van der Waals surface area contributed by atoms with E-state index in [-0.39, 0.29) is 35.8 Å². The highest BCUT2D eigenvalue weighted by molar-refractivity contribution is 5.94. The predicted octanol–water partition coefficient (Wildman–Crippen LogP) is -0.363. The molecule has 7 heteroatoms. The number of aromatic amines is 1. The van der Waals surface area contributed by atoms with Gasteiger partial charge in [-0.2, -0.15) is 0 Å². The monoisotopic (exact) mass is 321 g/mol. The van der Waals surface area contributed by atoms with Crippen LogP contribution in [0.1, 0.15) is 28.9 Å². The molecule has 1 aromatic rings. The largest absolute Gasteiger partial charge is 0.396 e. The lowest BCUT2D eigenvalue weighted by Gasteiger charge is -2.34. The van der Waals surface area contributed by atoms with Gasteiger partial charge in [-0.1, -0.05) is 0 Å². The van der Waals surface area contributed by atoms with Gasteiger partial charge in [0.05, 0.1) is 12.7 Å². The number of aryl methyl sites for hydroxylation is 1. The summed E-state index contributed by atoms with van der Waals surface area (Å²) in [5, 5.41) is 12.0. The summed E-state index contributed by atoms with van der Waals surface area (Å²) in [7, 11) is 0. The molecule has 0 unspecified atom stereocenters. The van der Waals surface area contributed by atoms with E-state index in [0.717, 1.165) is 25.2 Å². The topological polar surface area (TPSA) is 94.7 Å². The molecule has 2 aliphatic rings. The number of morpholine rings is 1. The number of hydrogen-bond donors (Lipinski definition) is 3. The van der Waals surface area contributed by atoms with Crippen molar-refractivity contribution in [2.75, 3.05) is 26.3 Å². The molecule has 23 heavy (non-hydrogen) atoms. The van der Waals surface area contributed by atoms with Crippen molar-refractivity contribution in [3.8, 4) is 0 Å². The van der Waals surface area contributed by atoms with E-state index in [1.807, 2.05) is 0 Å². The molecule has 1 aromatic heterocycles. The zero-order chi connectivity index (χ0) is 16.4. The number of ether oxygens (including phenoxy) is 1. The molecule has 3 rings (SSSR count). The SMILES string of the molecule is Cc1ccc(C(=O)N[C@H]2C[C@H]3CO[C@@H](CCO)CN3C2)c(=O)[nH]1. The average molecular weight is 321 g/mol. The molecule has 7 nitrogen and oxygen atoms in total. The summed E-state index contributed by atoms with van der Waals surface area (Å²) in [4.78, 5) is 29.1. The van der Waals surface area contributed by atoms with Crippen LogP contribution in [0.4, 0.5) is 0 Å². The van der Waals surface area contributed by atoms with Crippen molar-refractivity contribution in [2.45, 2.75) is 38.0 Å². The number of nitrogens with zero attached hydrogens (tertiary/aromatic N) is 1. The van der Waals surface area contributed by atoms with E-state index in [2.05, 4.69) is 15.2 Å². The summed E-state index contributed by atoms with van der Waals surface area (Å²) < 4.78 is 5.73. The third kappa shape index (κ3) is 3.63. The molecule has 3 atom stereocenters. The van der Waals surface area contributed by atoms with Crippen molar-refractivity contribution in [2.24, 2.45) is 0 Å². The van der Waals surface area contributed by atoms with E-state index >= 15 is 0 Å². The van der Waals surface area contributed by atoms with Gasteiger partial charge in [0.25, 0.3) is 11.5 Å². The van der Waals surface area contributed by atoms with Crippen molar-refractivity contribution in [3.63, 3.8) is 0 Å². The molecular formula is C16H23N3O4. The van der Waals surface area contributed by atoms with Gasteiger partial charge in [0.15, 0.2) is 0 Å². The molecule has 2 fully saturated rings. The molecule has 0 aliphatic carbocycles. The fraction of sp³-hybridized carbons (Fsp3) is 0.625. The van der Waals surface area contributed by atoms with Crippen LogP contribution in [-0.4, -0.2) is 65.4 Å². The number of rotatable bonds is 4. The van der Waals surface area contributed by atoms with Crippen LogP contribution in [0.3, 0.4) is 0 Å². The average Bonchev–Trinajstić information content (AvgIpc) is 2.88. The number of aliphatic hydroxyl groups excluding tert-OH is 1. The quantitative estimate of drug-likeness (QED) is 0.704. The Morgan fingerprint density at radius 3 is 3.04 bits per heavy atom. The number of carbonyl (C=O) groups is 1. The Labute approximate surface area is 134 Å². The first-order valence-corrected chi connectivity index (χ1v) is 8.04. The summed E-state index contributed by atoms with van der Waals surface area (Å²) in [6.07, 6.45) is 1.52. The number of nitrogens with one attached hydrogen (secondary N) is 2. The second-order valence-corrected chi connectivity index (χ2v) is 6.37. The van der Waals surface area contributed by atoms with Gasteiger partial charge in [-0.3, -0.25) is 14.5 Å². The lowest BCUT2D eigenvalue weighted by atomic mass is 10.1. The van der Waals surface area contributed by atoms with E-state index in [1.54, 1.807) is 19.1 Å². The minimum absolute atomic E-state index is 0.0182. The molecule has 0 aromatic carbocycles. The van der Waals surface area contributed by atoms with Crippen LogP contribution in [0.15, 0.2) is 16.9 Å². The molecule has 1 amide bonds. The van der Waals surface area contributed by atoms with Gasteiger partial charge >= 0.3 is 0 Å². The highest BCUT2D eigenvalue weighted by Crippen LogP contribution is 2.24. The van der Waals surface area contributed by atoms with Crippen LogP contribution in [0.2, 0.25) is 0 Å². The van der Waals surface area contributed by atoms with E-state index in [1.165, 1.54) is 0 Å². The lowest BCUT2D eigenvalue weighted by Crippen LogP contribution is -2.46. The third-order valence-corrected chi connectivity index (χ3v) is 4.58. The maximum Gasteiger partial charge on any atom is 0.260 e. The smallest absolute Gasteiger partial charge is 0.260 e. The standard InChI is InChI=1S/C16H23N3O4/c1-10-2-3-14(15(21)17-10)16(22)18-11-6-12-9-23-13(4-5-20)8-19(12)7-11/h2-3,11-13,20H,4-9H2,1H3,(H,17,21)(H,18,22)/t11-,12-,13-/m0/s1. The van der Waals surface area contributed by atoms with Crippen LogP contribution in [0.25, 0.3) is 0 Å². The minimum Gasteiger partial charge on any atom is -0.396 e. The molecule has 3 heterocycles. The number of pyridine rings is 1. The summed E-state index contributed by atoms with van der Waals surface area (Å²) in [5.41, 5.74) is 0.524. The Morgan fingerprint density at radius 2 is 2.30 bits per heavy atom. The van der Waals surface area contributed by atoms with Gasteiger partial charge in [-0.05, 0) is 31.9 Å². The normalized spacial score (nSPS) is 27.7. The number of carbonyl (C=O) groups excluding carboxylic acids is 1. The molecule has 126 valence electrons. The van der Waals surface area contributed by atoms with Crippen LogP contribution in [0, 0.1) is 6.92 Å². The maximum atomic E-state index is 12.3. The van der Waals surface area contributed by atoms with Gasteiger partial charge in [0, 0.05) is 37.5 Å². The van der Waals surface area contributed by atoms with Crippen molar-refractivity contribution >= 4 is 5.91 Å². The first-order chi connectivity index (χ1) is 11.1. The van der Waals surface area contributed by atoms with E-state index in [0.29, 0.717) is 19.1 Å². The Bertz CT molecular complexity index is 630. The molecule has 0 saturated carbocycles. The van der Waals surface area contributed by atoms with E-state index in [4.69, 9.17) is 9.84 Å². The molecule has 0 spiro atoms. The number of aromatic nitrogens is 1. The van der Waals surface area contributed by atoms with Gasteiger partial charge in [0.1, 0.15) is 5.56 Å². The number of aliphatic hydroxyl groups is 1. The second-order valence-electron chi connectivity index (χ2n) is 6.37. The highest BCUT2D eigenvalue weighted by Gasteiger charge is 2.37. The van der Waals surface area contributed by atoms with Crippen molar-refractivity contribution < 1.29 is 14.6 Å². The second kappa shape index (κ2) is 6.82. The fourth-order valence-corrected chi connectivity index (χ4v) is 3.38. The number of H-pyrrole nitrogens is 1. The first-order valence-electron chi connectivity index (χ1n) is 8.04. The number of hydrogen-bond acceptors (Lipinski definition) is 5. The highest BCUT2D eigenvalue weighted by atomic mass is 16.5. The molecular weight excluding hydrogens is 298 g/mol. The van der Waals surface area contributed by atoms with Crippen molar-refractivity contribution in [3.05, 3.63) is 33.7 Å². The van der Waals surface area contributed by atoms with Gasteiger partial charge in [-0.15, -0.1) is 0 Å². The van der Waals surface area contributed by atoms with Crippen LogP contribution in [0.5, 0.6) is 0 Å². The molecule has 2 aliphatic heterocycles. The third-order valence-electron chi connectivity index (χ3n) is 4.58. The maximum absolute atomic E-state index is 12.3. The summed E-state index contributed by atoms with van der Waals surface area (Å²) >= 11 is 0. The number of fused-ring (bicyclic) bond motifs is 1. The molecule has 2 saturated heterocycles. The van der Waals surface area contributed by atoms with Crippen LogP contribution in [-0.2, 0) is 4.74 Å². The van der Waals surface area contributed by atoms with E-state index in [9.17, 15) is 9.59 Å². The number of amides is 1. The Kier molecular flexibility index (Phi) is 4.79. The van der Waals surface area contributed by atoms with Crippen molar-refractivity contribution in [1.82, 2.24) is 15.2 Å². The van der Waals surface area contributed by atoms with Crippen molar-refractivity contribution in [1.29, 1.82) is 0 Å². The summed E-state index contributed by atoms with van der Waals surface area (Å²) in [5.74, 6) is -0.330. The van der Waals surface area contributed by atoms with Crippen LogP contribution >= 0.6 is 0 Å². The Balaban J connectivity index is 1.59. The zero-order valence-electron chi connectivity index (χ0n) is 13.2. The minimum atomic E-state index is -0.357. The molecule has 3 N–H and O–H groups in total. The molecule has 0 radical (unpaired) electrons. The van der Waals surface area contributed by atoms with Crippen LogP contribution < -0.4 is 10.9 Å². The molecule has 0 bridgehead atoms. The lowest BCUT2D eigenvalue weighted by molar-refractivity contribution is -0.0566. The fourth-order valence-electron chi connectivity index (χ4n) is 3.38. The Hall–Kier alpha value is -1.70. The van der Waals surface area contributed by atoms with Gasteiger partial charge in [0.2, 0.25) is 0 Å². The Morgan fingerprint density at radius 1 is 1.48 bits per heavy atom. The van der Waals surface area contributed by atoms with Gasteiger partial charge < -0.3 is 20.1 Å². The first kappa shape index (κ1) is 16.2. The summed E-state index contributed by atoms with van der Waals surface area (Å²) in [6.45, 7) is 4.07. The zero-order valence-corrected chi connectivity index (χ0v) is 13.2.